The van der Waals surface area contributed by atoms with E-state index in [-0.39, 0.29) is 12.3 Å². The fraction of sp³-hybridized carbons (Fsp3) is 1.00. The van der Waals surface area contributed by atoms with Gasteiger partial charge in [0.05, 0.1) is 5.75 Å². The average Bonchev–Trinajstić information content (AvgIpc) is 2.47. The maximum atomic E-state index is 13.0. The lowest BCUT2D eigenvalue weighted by molar-refractivity contribution is -0.167. The van der Waals surface area contributed by atoms with Crippen molar-refractivity contribution in [1.82, 2.24) is 5.32 Å². The SMILES string of the molecule is O=S1(=O)CCC[C@@H]2CNC[C@@]21C(F)(F)F. The molecule has 0 radical (unpaired) electrons. The van der Waals surface area contributed by atoms with Gasteiger partial charge >= 0.3 is 6.18 Å². The van der Waals surface area contributed by atoms with Gasteiger partial charge < -0.3 is 5.32 Å². The second-order valence-electron chi connectivity index (χ2n) is 4.18. The van der Waals surface area contributed by atoms with Crippen molar-refractivity contribution in [2.24, 2.45) is 5.92 Å². The van der Waals surface area contributed by atoms with Gasteiger partial charge in [0.2, 0.25) is 0 Å². The van der Waals surface area contributed by atoms with Crippen molar-refractivity contribution in [2.75, 3.05) is 18.8 Å². The van der Waals surface area contributed by atoms with Crippen molar-refractivity contribution in [3.8, 4) is 0 Å². The second-order valence-corrected chi connectivity index (χ2v) is 6.54. The van der Waals surface area contributed by atoms with E-state index in [1.807, 2.05) is 0 Å². The van der Waals surface area contributed by atoms with Crippen LogP contribution in [0.15, 0.2) is 0 Å². The van der Waals surface area contributed by atoms with Crippen molar-refractivity contribution in [3.05, 3.63) is 0 Å². The van der Waals surface area contributed by atoms with E-state index in [4.69, 9.17) is 0 Å². The highest BCUT2D eigenvalue weighted by molar-refractivity contribution is 7.93. The molecule has 0 aromatic rings. The van der Waals surface area contributed by atoms with Gasteiger partial charge in [-0.3, -0.25) is 0 Å². The Morgan fingerprint density at radius 1 is 1.33 bits per heavy atom. The molecule has 2 rings (SSSR count). The fourth-order valence-corrected chi connectivity index (χ4v) is 4.94. The van der Waals surface area contributed by atoms with Crippen LogP contribution in [0.3, 0.4) is 0 Å². The molecule has 0 unspecified atom stereocenters. The van der Waals surface area contributed by atoms with E-state index in [9.17, 15) is 21.6 Å². The van der Waals surface area contributed by atoms with E-state index in [2.05, 4.69) is 5.32 Å². The minimum Gasteiger partial charge on any atom is -0.314 e. The minimum absolute atomic E-state index is 0.152. The molecule has 2 fully saturated rings. The summed E-state index contributed by atoms with van der Waals surface area (Å²) in [4.78, 5) is 0. The Morgan fingerprint density at radius 2 is 2.00 bits per heavy atom. The Hall–Kier alpha value is -0.300. The molecule has 7 heteroatoms. The predicted octanol–water partition coefficient (Wildman–Crippen LogP) is 0.716. The lowest BCUT2D eigenvalue weighted by Crippen LogP contribution is -2.60. The summed E-state index contributed by atoms with van der Waals surface area (Å²) in [6.07, 6.45) is -3.99. The largest absolute Gasteiger partial charge is 0.409 e. The first-order valence-corrected chi connectivity index (χ1v) is 6.46. The van der Waals surface area contributed by atoms with Crippen molar-refractivity contribution in [1.29, 1.82) is 0 Å². The van der Waals surface area contributed by atoms with E-state index in [1.165, 1.54) is 0 Å². The van der Waals surface area contributed by atoms with Crippen LogP contribution in [0.5, 0.6) is 0 Å². The van der Waals surface area contributed by atoms with Crippen LogP contribution in [0.4, 0.5) is 13.2 Å². The molecule has 88 valence electrons. The quantitative estimate of drug-likeness (QED) is 0.681. The van der Waals surface area contributed by atoms with E-state index in [1.54, 1.807) is 0 Å². The lowest BCUT2D eigenvalue weighted by Gasteiger charge is -2.39. The molecule has 0 aliphatic carbocycles. The van der Waals surface area contributed by atoms with E-state index < -0.39 is 33.2 Å². The highest BCUT2D eigenvalue weighted by Gasteiger charge is 2.69. The van der Waals surface area contributed by atoms with Gasteiger partial charge in [0.25, 0.3) is 0 Å². The molecule has 3 nitrogen and oxygen atoms in total. The van der Waals surface area contributed by atoms with Crippen LogP contribution in [0.1, 0.15) is 12.8 Å². The number of nitrogens with one attached hydrogen (secondary N) is 1. The van der Waals surface area contributed by atoms with E-state index in [0.717, 1.165) is 0 Å². The Balaban J connectivity index is 2.55. The van der Waals surface area contributed by atoms with Crippen molar-refractivity contribution < 1.29 is 21.6 Å². The van der Waals surface area contributed by atoms with Gasteiger partial charge in [-0.1, -0.05) is 0 Å². The summed E-state index contributed by atoms with van der Waals surface area (Å²) < 4.78 is 59.7. The Kier molecular flexibility index (Phi) is 2.31. The molecule has 0 aromatic heterocycles. The number of fused-ring (bicyclic) bond motifs is 1. The monoisotopic (exact) mass is 243 g/mol. The van der Waals surface area contributed by atoms with Gasteiger partial charge in [0.15, 0.2) is 14.6 Å². The normalized spacial score (nSPS) is 40.1. The number of hydrogen-bond donors (Lipinski definition) is 1. The molecule has 0 saturated carbocycles. The van der Waals surface area contributed by atoms with Gasteiger partial charge in [-0.05, 0) is 19.4 Å². The van der Waals surface area contributed by atoms with Crippen LogP contribution in [-0.4, -0.2) is 38.2 Å². The summed E-state index contributed by atoms with van der Waals surface area (Å²) in [7, 11) is -4.07. The summed E-state index contributed by atoms with van der Waals surface area (Å²) in [5.41, 5.74) is 0. The third-order valence-electron chi connectivity index (χ3n) is 3.44. The smallest absolute Gasteiger partial charge is 0.314 e. The number of hydrogen-bond acceptors (Lipinski definition) is 3. The molecule has 2 atom stereocenters. The Labute approximate surface area is 86.0 Å². The van der Waals surface area contributed by atoms with Crippen LogP contribution in [0, 0.1) is 5.92 Å². The zero-order valence-corrected chi connectivity index (χ0v) is 8.79. The molecule has 2 aliphatic heterocycles. The fourth-order valence-electron chi connectivity index (χ4n) is 2.65. The Morgan fingerprint density at radius 3 is 2.53 bits per heavy atom. The maximum Gasteiger partial charge on any atom is 0.409 e. The molecule has 15 heavy (non-hydrogen) atoms. The van der Waals surface area contributed by atoms with Crippen LogP contribution in [0.2, 0.25) is 0 Å². The first-order valence-electron chi connectivity index (χ1n) is 4.81. The van der Waals surface area contributed by atoms with Gasteiger partial charge in [0.1, 0.15) is 0 Å². The maximum absolute atomic E-state index is 13.0. The summed E-state index contributed by atoms with van der Waals surface area (Å²) in [5, 5.41) is 2.57. The lowest BCUT2D eigenvalue weighted by atomic mass is 9.90. The zero-order chi connectivity index (χ0) is 11.3. The van der Waals surface area contributed by atoms with Gasteiger partial charge in [-0.2, -0.15) is 13.2 Å². The van der Waals surface area contributed by atoms with Crippen LogP contribution in [-0.2, 0) is 9.84 Å². The minimum atomic E-state index is -4.67. The molecule has 1 N–H and O–H groups in total. The summed E-state index contributed by atoms with van der Waals surface area (Å²) in [6.45, 7) is -0.331. The highest BCUT2D eigenvalue weighted by atomic mass is 32.2. The van der Waals surface area contributed by atoms with Gasteiger partial charge in [-0.15, -0.1) is 0 Å². The molecule has 0 aromatic carbocycles. The number of halogens is 3. The third kappa shape index (κ3) is 1.32. The highest BCUT2D eigenvalue weighted by Crippen LogP contribution is 2.49. The Bertz CT molecular complexity index is 365. The first kappa shape index (κ1) is 11.2. The molecule has 0 bridgehead atoms. The van der Waals surface area contributed by atoms with Crippen molar-refractivity contribution in [3.63, 3.8) is 0 Å². The van der Waals surface area contributed by atoms with Crippen LogP contribution < -0.4 is 5.32 Å². The number of sulfone groups is 1. The van der Waals surface area contributed by atoms with Crippen LogP contribution >= 0.6 is 0 Å². The van der Waals surface area contributed by atoms with Crippen molar-refractivity contribution in [2.45, 2.75) is 23.8 Å². The van der Waals surface area contributed by atoms with E-state index in [0.29, 0.717) is 12.8 Å². The molecule has 2 saturated heterocycles. The molecule has 2 heterocycles. The van der Waals surface area contributed by atoms with Crippen LogP contribution in [0.25, 0.3) is 0 Å². The third-order valence-corrected chi connectivity index (χ3v) is 6.08. The molecular weight excluding hydrogens is 231 g/mol. The topological polar surface area (TPSA) is 46.2 Å². The second kappa shape index (κ2) is 3.10. The van der Waals surface area contributed by atoms with E-state index >= 15 is 0 Å². The summed E-state index contributed by atoms with van der Waals surface area (Å²) >= 11 is 0. The standard InChI is InChI=1S/C8H12F3NO2S/c9-8(10,11)7-5-12-4-6(7)2-1-3-15(7,13)14/h6,12H,1-5H2/t6-,7+/m1/s1. The molecular formula is C8H12F3NO2S. The average molecular weight is 243 g/mol. The first-order chi connectivity index (χ1) is 6.81. The summed E-state index contributed by atoms with van der Waals surface area (Å²) in [5.74, 6) is -1.15. The molecule has 2 aliphatic rings. The zero-order valence-electron chi connectivity index (χ0n) is 7.97. The van der Waals surface area contributed by atoms with Gasteiger partial charge in [-0.25, -0.2) is 8.42 Å². The molecule has 0 amide bonds. The van der Waals surface area contributed by atoms with Gasteiger partial charge in [0, 0.05) is 12.5 Å². The predicted molar refractivity (Wildman–Crippen MR) is 48.2 cm³/mol. The number of rotatable bonds is 0. The summed E-state index contributed by atoms with van der Waals surface area (Å²) in [6, 6.07) is 0. The van der Waals surface area contributed by atoms with Crippen molar-refractivity contribution >= 4 is 9.84 Å². The molecule has 0 spiro atoms. The number of alkyl halides is 3.